The summed E-state index contributed by atoms with van der Waals surface area (Å²) in [5.41, 5.74) is -0.750. The van der Waals surface area contributed by atoms with Gasteiger partial charge >= 0.3 is 5.97 Å². The van der Waals surface area contributed by atoms with Gasteiger partial charge in [-0.1, -0.05) is 0 Å². The molecule has 0 saturated carbocycles. The van der Waals surface area contributed by atoms with E-state index in [0.717, 1.165) is 11.0 Å². The first kappa shape index (κ1) is 19.4. The quantitative estimate of drug-likeness (QED) is 0.596. The van der Waals surface area contributed by atoms with E-state index in [0.29, 0.717) is 19.4 Å². The number of ether oxygens (including phenoxy) is 2. The smallest absolute Gasteiger partial charge is 0.332 e. The van der Waals surface area contributed by atoms with Crippen molar-refractivity contribution in [2.45, 2.75) is 57.7 Å². The molecule has 1 heterocycles. The maximum Gasteiger partial charge on any atom is 0.332 e. The maximum absolute atomic E-state index is 11.7. The largest absolute Gasteiger partial charge is 0.458 e. The average molecular weight is 317 g/mol. The fraction of sp³-hybridized carbons (Fsp3) is 0.938. The summed E-state index contributed by atoms with van der Waals surface area (Å²) in [4.78, 5) is 11.7. The Morgan fingerprint density at radius 3 is 2.14 bits per heavy atom. The Bertz CT molecular complexity index is 370. The number of nitrogens with zero attached hydrogens (tertiary/aromatic N) is 2. The first-order valence-electron chi connectivity index (χ1n) is 7.90. The third-order valence-electron chi connectivity index (χ3n) is 4.06. The number of esters is 1. The summed E-state index contributed by atoms with van der Waals surface area (Å²) in [6.45, 7) is 9.05. The van der Waals surface area contributed by atoms with Crippen molar-refractivity contribution in [1.29, 1.82) is 0 Å². The highest BCUT2D eigenvalue weighted by molar-refractivity contribution is 5.70. The van der Waals surface area contributed by atoms with Crippen LogP contribution in [0, 0.1) is 0 Å². The molecular weight excluding hydrogens is 284 g/mol. The third kappa shape index (κ3) is 5.83. The molecule has 0 aromatic carbocycles. The molecule has 1 rings (SSSR count). The Morgan fingerprint density at radius 2 is 1.68 bits per heavy atom. The van der Waals surface area contributed by atoms with Crippen molar-refractivity contribution in [3.05, 3.63) is 0 Å². The van der Waals surface area contributed by atoms with Crippen LogP contribution in [0.5, 0.6) is 0 Å². The number of carbonyl (C=O) groups excluding carboxylic acids is 1. The molecule has 0 aromatic rings. The van der Waals surface area contributed by atoms with Crippen LogP contribution >= 0.6 is 0 Å². The highest BCUT2D eigenvalue weighted by Crippen LogP contribution is 2.37. The predicted molar refractivity (Wildman–Crippen MR) is 84.6 cm³/mol. The van der Waals surface area contributed by atoms with Gasteiger partial charge in [-0.05, 0) is 40.5 Å². The first-order chi connectivity index (χ1) is 9.83. The summed E-state index contributed by atoms with van der Waals surface area (Å²) in [5, 5.41) is 11.6. The Hall–Kier alpha value is -0.690. The van der Waals surface area contributed by atoms with Crippen LogP contribution in [-0.4, -0.2) is 78.8 Å². The molecule has 0 bridgehead atoms. The van der Waals surface area contributed by atoms with Gasteiger partial charge in [-0.25, -0.2) is 4.79 Å². The zero-order chi connectivity index (χ0) is 17.2. The molecule has 1 aliphatic rings. The van der Waals surface area contributed by atoms with Crippen LogP contribution in [0.15, 0.2) is 0 Å². The molecule has 0 aromatic heterocycles. The molecule has 1 saturated heterocycles. The number of piperidine rings is 1. The molecular formula is C16H33N2O4+. The van der Waals surface area contributed by atoms with Gasteiger partial charge in [0.05, 0.1) is 27.2 Å². The van der Waals surface area contributed by atoms with E-state index >= 15 is 0 Å². The second-order valence-electron chi connectivity index (χ2n) is 8.51. The Balaban J connectivity index is 2.40. The van der Waals surface area contributed by atoms with Crippen LogP contribution in [0.2, 0.25) is 0 Å². The summed E-state index contributed by atoms with van der Waals surface area (Å²) in [6.07, 6.45) is 1.30. The molecule has 0 atom stereocenters. The first-order valence-corrected chi connectivity index (χ1v) is 7.90. The van der Waals surface area contributed by atoms with E-state index in [4.69, 9.17) is 9.47 Å². The number of likely N-dealkylation sites (N-methyl/N-ethyl adjacent to an activating group) is 1. The molecule has 0 spiro atoms. The number of hydrogen-bond donors (Lipinski definition) is 1. The SMILES string of the molecule is CC1(C)CC(OCC(=O)OCC[N+](C)(C)C)CC(C)(C)N1O. The fourth-order valence-electron chi connectivity index (χ4n) is 2.96. The molecule has 130 valence electrons. The molecule has 0 unspecified atom stereocenters. The van der Waals surface area contributed by atoms with Crippen molar-refractivity contribution in [1.82, 2.24) is 5.06 Å². The van der Waals surface area contributed by atoms with Gasteiger partial charge < -0.3 is 19.2 Å². The van der Waals surface area contributed by atoms with Crippen molar-refractivity contribution in [3.63, 3.8) is 0 Å². The fourth-order valence-corrected chi connectivity index (χ4v) is 2.96. The van der Waals surface area contributed by atoms with E-state index in [2.05, 4.69) is 21.1 Å². The van der Waals surface area contributed by atoms with Gasteiger partial charge in [0.1, 0.15) is 19.8 Å². The minimum atomic E-state index is -0.375. The van der Waals surface area contributed by atoms with Gasteiger partial charge in [-0.15, -0.1) is 0 Å². The normalized spacial score (nSPS) is 22.5. The zero-order valence-electron chi connectivity index (χ0n) is 15.2. The van der Waals surface area contributed by atoms with Crippen molar-refractivity contribution >= 4 is 5.97 Å². The Labute approximate surface area is 134 Å². The van der Waals surface area contributed by atoms with Crippen molar-refractivity contribution in [2.75, 3.05) is 40.9 Å². The topological polar surface area (TPSA) is 59.0 Å². The molecule has 0 aliphatic carbocycles. The monoisotopic (exact) mass is 317 g/mol. The summed E-state index contributed by atoms with van der Waals surface area (Å²) in [6, 6.07) is 0. The zero-order valence-corrected chi connectivity index (χ0v) is 15.2. The summed E-state index contributed by atoms with van der Waals surface area (Å²) >= 11 is 0. The van der Waals surface area contributed by atoms with E-state index < -0.39 is 0 Å². The van der Waals surface area contributed by atoms with Crippen LogP contribution in [0.1, 0.15) is 40.5 Å². The van der Waals surface area contributed by atoms with E-state index in [9.17, 15) is 10.0 Å². The van der Waals surface area contributed by atoms with Crippen LogP contribution in [0.3, 0.4) is 0 Å². The number of quaternary nitrogens is 1. The predicted octanol–water partition coefficient (Wildman–Crippen LogP) is 1.66. The van der Waals surface area contributed by atoms with Crippen LogP contribution in [0.4, 0.5) is 0 Å². The number of hydrogen-bond acceptors (Lipinski definition) is 5. The molecule has 0 radical (unpaired) electrons. The van der Waals surface area contributed by atoms with Crippen LogP contribution < -0.4 is 0 Å². The van der Waals surface area contributed by atoms with Crippen LogP contribution in [-0.2, 0) is 14.3 Å². The summed E-state index contributed by atoms with van der Waals surface area (Å²) < 4.78 is 11.7. The standard InChI is InChI=1S/C16H33N2O4/c1-15(2)10-13(11-16(3,4)17(15)20)22-12-14(19)21-9-8-18(5,6)7/h13,20H,8-12H2,1-7H3/q+1. The van der Waals surface area contributed by atoms with Gasteiger partial charge in [-0.2, -0.15) is 5.06 Å². The van der Waals surface area contributed by atoms with Crippen molar-refractivity contribution in [3.8, 4) is 0 Å². The van der Waals surface area contributed by atoms with Crippen molar-refractivity contribution in [2.24, 2.45) is 0 Å². The second-order valence-corrected chi connectivity index (χ2v) is 8.51. The molecule has 6 nitrogen and oxygen atoms in total. The molecule has 1 fully saturated rings. The molecule has 1 aliphatic heterocycles. The van der Waals surface area contributed by atoms with E-state index in [1.54, 1.807) is 0 Å². The number of carbonyl (C=O) groups is 1. The molecule has 22 heavy (non-hydrogen) atoms. The minimum absolute atomic E-state index is 0.0284. The average Bonchev–Trinajstić information content (AvgIpc) is 2.31. The molecule has 0 amide bonds. The second kappa shape index (κ2) is 6.83. The Morgan fingerprint density at radius 1 is 1.18 bits per heavy atom. The Kier molecular flexibility index (Phi) is 6.01. The highest BCUT2D eigenvalue weighted by atomic mass is 16.6. The van der Waals surface area contributed by atoms with Crippen molar-refractivity contribution < 1.29 is 24.0 Å². The van der Waals surface area contributed by atoms with Gasteiger partial charge in [0.2, 0.25) is 0 Å². The summed E-state index contributed by atoms with van der Waals surface area (Å²) in [7, 11) is 6.16. The minimum Gasteiger partial charge on any atom is -0.458 e. The van der Waals surface area contributed by atoms with Gasteiger partial charge in [0.25, 0.3) is 0 Å². The third-order valence-corrected chi connectivity index (χ3v) is 4.06. The molecule has 6 heteroatoms. The lowest BCUT2D eigenvalue weighted by Gasteiger charge is -2.51. The van der Waals surface area contributed by atoms with Gasteiger partial charge in [0, 0.05) is 11.1 Å². The lowest BCUT2D eigenvalue weighted by molar-refractivity contribution is -0.870. The van der Waals surface area contributed by atoms with Gasteiger partial charge in [-0.3, -0.25) is 0 Å². The maximum atomic E-state index is 11.7. The molecule has 1 N–H and O–H groups in total. The number of rotatable bonds is 6. The lowest BCUT2D eigenvalue weighted by atomic mass is 9.80. The van der Waals surface area contributed by atoms with Gasteiger partial charge in [0.15, 0.2) is 0 Å². The van der Waals surface area contributed by atoms with E-state index in [1.165, 1.54) is 5.06 Å². The highest BCUT2D eigenvalue weighted by Gasteiger charge is 2.45. The summed E-state index contributed by atoms with van der Waals surface area (Å²) in [5.74, 6) is -0.324. The van der Waals surface area contributed by atoms with E-state index in [-0.39, 0.29) is 29.8 Å². The number of hydroxylamine groups is 2. The van der Waals surface area contributed by atoms with E-state index in [1.807, 2.05) is 27.7 Å². The van der Waals surface area contributed by atoms with Crippen LogP contribution in [0.25, 0.3) is 0 Å². The lowest BCUT2D eigenvalue weighted by Crippen LogP contribution is -2.60.